The lowest BCUT2D eigenvalue weighted by atomic mass is 9.98. The third kappa shape index (κ3) is 2.53. The van der Waals surface area contributed by atoms with E-state index in [-0.39, 0.29) is 6.23 Å². The quantitative estimate of drug-likeness (QED) is 0.798. The highest BCUT2D eigenvalue weighted by Crippen LogP contribution is 2.26. The molecule has 1 aliphatic rings. The monoisotopic (exact) mass is 255 g/mol. The van der Waals surface area contributed by atoms with Crippen LogP contribution in [-0.2, 0) is 12.8 Å². The molecule has 2 aromatic rings. The number of rotatable bonds is 3. The minimum atomic E-state index is 0.0598. The zero-order valence-electron chi connectivity index (χ0n) is 11.7. The lowest BCUT2D eigenvalue weighted by Crippen LogP contribution is -2.16. The van der Waals surface area contributed by atoms with Gasteiger partial charge in [0.15, 0.2) is 6.23 Å². The summed E-state index contributed by atoms with van der Waals surface area (Å²) in [5.41, 5.74) is 4.23. The first-order chi connectivity index (χ1) is 9.24. The summed E-state index contributed by atoms with van der Waals surface area (Å²) in [6, 6.07) is 10.5. The molecule has 1 atom stereocenters. The van der Waals surface area contributed by atoms with Crippen molar-refractivity contribution in [2.24, 2.45) is 0 Å². The first-order valence-corrected chi connectivity index (χ1v) is 7.16. The van der Waals surface area contributed by atoms with E-state index in [4.69, 9.17) is 4.74 Å². The summed E-state index contributed by atoms with van der Waals surface area (Å²) in [6.07, 6.45) is 7.26. The Morgan fingerprint density at radius 2 is 1.79 bits per heavy atom. The summed E-state index contributed by atoms with van der Waals surface area (Å²) >= 11 is 0. The predicted octanol–water partition coefficient (Wildman–Crippen LogP) is 4.27. The maximum Gasteiger partial charge on any atom is 0.172 e. The number of nitrogens with zero attached hydrogens (tertiary/aromatic N) is 1. The van der Waals surface area contributed by atoms with Gasteiger partial charge in [-0.15, -0.1) is 0 Å². The summed E-state index contributed by atoms with van der Waals surface area (Å²) in [5, 5.41) is 0. The molecular weight excluding hydrogens is 234 g/mol. The smallest absolute Gasteiger partial charge is 0.172 e. The summed E-state index contributed by atoms with van der Waals surface area (Å²) in [7, 11) is 0. The third-order valence-electron chi connectivity index (χ3n) is 3.95. The Morgan fingerprint density at radius 3 is 2.58 bits per heavy atom. The summed E-state index contributed by atoms with van der Waals surface area (Å²) in [5.74, 6) is 0.941. The second-order valence-corrected chi connectivity index (χ2v) is 5.43. The molecular formula is C17H21NO. The van der Waals surface area contributed by atoms with E-state index in [1.54, 1.807) is 0 Å². The van der Waals surface area contributed by atoms with Crippen LogP contribution in [0, 0.1) is 6.92 Å². The van der Waals surface area contributed by atoms with Gasteiger partial charge < -0.3 is 9.30 Å². The predicted molar refractivity (Wildman–Crippen MR) is 77.6 cm³/mol. The van der Waals surface area contributed by atoms with E-state index in [2.05, 4.69) is 42.8 Å². The van der Waals surface area contributed by atoms with E-state index < -0.39 is 0 Å². The zero-order valence-corrected chi connectivity index (χ0v) is 11.7. The average molecular weight is 255 g/mol. The van der Waals surface area contributed by atoms with Crippen molar-refractivity contribution in [2.45, 2.75) is 45.8 Å². The topological polar surface area (TPSA) is 14.2 Å². The molecule has 1 aliphatic carbocycles. The second kappa shape index (κ2) is 5.12. The van der Waals surface area contributed by atoms with Crippen LogP contribution in [0.3, 0.4) is 0 Å². The highest BCUT2D eigenvalue weighted by Gasteiger charge is 2.17. The fourth-order valence-corrected chi connectivity index (χ4v) is 2.86. The van der Waals surface area contributed by atoms with Gasteiger partial charge in [0.25, 0.3) is 0 Å². The van der Waals surface area contributed by atoms with E-state index in [0.29, 0.717) is 0 Å². The lowest BCUT2D eigenvalue weighted by Gasteiger charge is -2.22. The van der Waals surface area contributed by atoms with Gasteiger partial charge in [0.1, 0.15) is 5.75 Å². The number of fused-ring (bicyclic) bond motifs is 1. The minimum absolute atomic E-state index is 0.0598. The summed E-state index contributed by atoms with van der Waals surface area (Å²) < 4.78 is 8.33. The molecule has 1 unspecified atom stereocenters. The second-order valence-electron chi connectivity index (χ2n) is 5.43. The number of ether oxygens (including phenoxy) is 1. The van der Waals surface area contributed by atoms with Crippen LogP contribution in [-0.4, -0.2) is 4.57 Å². The van der Waals surface area contributed by atoms with Crippen LogP contribution in [0.1, 0.15) is 42.8 Å². The molecule has 1 heterocycles. The highest BCUT2D eigenvalue weighted by atomic mass is 16.5. The SMILES string of the molecule is Cc1ccc(OC(C)n2ccc3c2CCCC3)cc1. The molecule has 0 bridgehead atoms. The van der Waals surface area contributed by atoms with Crippen molar-refractivity contribution >= 4 is 0 Å². The molecule has 0 N–H and O–H groups in total. The van der Waals surface area contributed by atoms with Crippen molar-refractivity contribution in [3.05, 3.63) is 53.3 Å². The van der Waals surface area contributed by atoms with Gasteiger partial charge in [-0.25, -0.2) is 0 Å². The molecule has 1 aromatic carbocycles. The van der Waals surface area contributed by atoms with E-state index in [1.165, 1.54) is 42.5 Å². The van der Waals surface area contributed by atoms with E-state index >= 15 is 0 Å². The van der Waals surface area contributed by atoms with Crippen LogP contribution < -0.4 is 4.74 Å². The Morgan fingerprint density at radius 1 is 1.05 bits per heavy atom. The van der Waals surface area contributed by atoms with Crippen molar-refractivity contribution in [3.8, 4) is 5.75 Å². The van der Waals surface area contributed by atoms with Gasteiger partial charge in [0, 0.05) is 11.9 Å². The third-order valence-corrected chi connectivity index (χ3v) is 3.95. The lowest BCUT2D eigenvalue weighted by molar-refractivity contribution is 0.149. The molecule has 0 fully saturated rings. The van der Waals surface area contributed by atoms with Crippen molar-refractivity contribution in [2.75, 3.05) is 0 Å². The molecule has 2 heteroatoms. The zero-order chi connectivity index (χ0) is 13.2. The summed E-state index contributed by atoms with van der Waals surface area (Å²) in [6.45, 7) is 4.21. The van der Waals surface area contributed by atoms with E-state index in [9.17, 15) is 0 Å². The molecule has 1 aromatic heterocycles. The van der Waals surface area contributed by atoms with Crippen molar-refractivity contribution in [1.29, 1.82) is 0 Å². The van der Waals surface area contributed by atoms with E-state index in [1.807, 2.05) is 12.1 Å². The van der Waals surface area contributed by atoms with Crippen molar-refractivity contribution in [1.82, 2.24) is 4.57 Å². The molecule has 3 rings (SSSR count). The fraction of sp³-hybridized carbons (Fsp3) is 0.412. The Balaban J connectivity index is 1.78. The number of aryl methyl sites for hydroxylation is 2. The average Bonchev–Trinajstić information content (AvgIpc) is 2.85. The maximum absolute atomic E-state index is 6.04. The first-order valence-electron chi connectivity index (χ1n) is 7.16. The van der Waals surface area contributed by atoms with Crippen LogP contribution in [0.2, 0.25) is 0 Å². The fourth-order valence-electron chi connectivity index (χ4n) is 2.86. The van der Waals surface area contributed by atoms with Gasteiger partial charge in [-0.1, -0.05) is 17.7 Å². The number of aromatic nitrogens is 1. The Hall–Kier alpha value is -1.70. The van der Waals surface area contributed by atoms with Gasteiger partial charge in [0.2, 0.25) is 0 Å². The first kappa shape index (κ1) is 12.3. The van der Waals surface area contributed by atoms with Crippen LogP contribution in [0.4, 0.5) is 0 Å². The highest BCUT2D eigenvalue weighted by molar-refractivity contribution is 5.28. The van der Waals surface area contributed by atoms with Crippen LogP contribution in [0.5, 0.6) is 5.75 Å². The van der Waals surface area contributed by atoms with Crippen LogP contribution in [0.25, 0.3) is 0 Å². The van der Waals surface area contributed by atoms with Gasteiger partial charge in [-0.2, -0.15) is 0 Å². The molecule has 0 saturated carbocycles. The molecule has 0 aliphatic heterocycles. The van der Waals surface area contributed by atoms with Gasteiger partial charge in [-0.05, 0) is 63.3 Å². The molecule has 0 radical (unpaired) electrons. The molecule has 0 saturated heterocycles. The number of hydrogen-bond donors (Lipinski definition) is 0. The molecule has 0 amide bonds. The molecule has 0 spiro atoms. The largest absolute Gasteiger partial charge is 0.471 e. The Kier molecular flexibility index (Phi) is 3.33. The number of hydrogen-bond acceptors (Lipinski definition) is 1. The minimum Gasteiger partial charge on any atom is -0.471 e. The molecule has 2 nitrogen and oxygen atoms in total. The van der Waals surface area contributed by atoms with Crippen LogP contribution >= 0.6 is 0 Å². The Bertz CT molecular complexity index is 553. The molecule has 19 heavy (non-hydrogen) atoms. The van der Waals surface area contributed by atoms with E-state index in [0.717, 1.165) is 5.75 Å². The molecule has 100 valence electrons. The van der Waals surface area contributed by atoms with Crippen molar-refractivity contribution in [3.63, 3.8) is 0 Å². The van der Waals surface area contributed by atoms with Crippen molar-refractivity contribution < 1.29 is 4.74 Å². The Labute approximate surface area is 115 Å². The normalized spacial score (nSPS) is 15.9. The number of benzene rings is 1. The van der Waals surface area contributed by atoms with Gasteiger partial charge in [-0.3, -0.25) is 0 Å². The van der Waals surface area contributed by atoms with Gasteiger partial charge in [0.05, 0.1) is 0 Å². The van der Waals surface area contributed by atoms with Gasteiger partial charge >= 0.3 is 0 Å². The van der Waals surface area contributed by atoms with Crippen LogP contribution in [0.15, 0.2) is 36.5 Å². The maximum atomic E-state index is 6.04. The summed E-state index contributed by atoms with van der Waals surface area (Å²) in [4.78, 5) is 0. The standard InChI is InChI=1S/C17H21NO/c1-13-7-9-16(10-8-13)19-14(2)18-12-11-15-5-3-4-6-17(15)18/h7-12,14H,3-6H2,1-2H3.